The van der Waals surface area contributed by atoms with E-state index < -0.39 is 0 Å². The molecule has 1 aromatic carbocycles. The molecule has 0 bridgehead atoms. The van der Waals surface area contributed by atoms with Gasteiger partial charge in [-0.1, -0.05) is 24.3 Å². The fraction of sp³-hybridized carbons (Fsp3) is 0.357. The third-order valence-corrected chi connectivity index (χ3v) is 3.69. The predicted octanol–water partition coefficient (Wildman–Crippen LogP) is 1.24. The molecule has 5 nitrogen and oxygen atoms in total. The molecule has 100 valence electrons. The van der Waals surface area contributed by atoms with Crippen LogP contribution in [-0.2, 0) is 18.2 Å². The Labute approximate surface area is 112 Å². The number of nitrogens with two attached hydrogens (primary N) is 1. The summed E-state index contributed by atoms with van der Waals surface area (Å²) in [5.74, 6) is 5.75. The van der Waals surface area contributed by atoms with E-state index in [1.807, 2.05) is 23.9 Å². The van der Waals surface area contributed by atoms with Crippen molar-refractivity contribution in [1.29, 1.82) is 0 Å². The Bertz CT molecular complexity index is 566. The van der Waals surface area contributed by atoms with E-state index in [4.69, 9.17) is 10.6 Å². The predicted molar refractivity (Wildman–Crippen MR) is 72.1 cm³/mol. The number of hydrogen-bond acceptors (Lipinski definition) is 4. The number of nitrogens with one attached hydrogen (secondary N) is 1. The van der Waals surface area contributed by atoms with Crippen LogP contribution in [0.5, 0.6) is 0 Å². The van der Waals surface area contributed by atoms with Crippen LogP contribution in [0.2, 0.25) is 0 Å². The Morgan fingerprint density at radius 2 is 2.26 bits per heavy atom. The molecule has 1 aliphatic rings. The minimum atomic E-state index is -0.103. The van der Waals surface area contributed by atoms with E-state index in [1.54, 1.807) is 6.20 Å². The molecule has 0 spiro atoms. The molecule has 2 heterocycles. The third-order valence-electron chi connectivity index (χ3n) is 3.69. The summed E-state index contributed by atoms with van der Waals surface area (Å²) in [6.07, 6.45) is 2.65. The van der Waals surface area contributed by atoms with Crippen LogP contribution in [0.4, 0.5) is 0 Å². The number of aromatic nitrogens is 2. The largest absolute Gasteiger partial charge is 0.371 e. The second-order valence-corrected chi connectivity index (χ2v) is 4.76. The first kappa shape index (κ1) is 12.3. The van der Waals surface area contributed by atoms with Gasteiger partial charge >= 0.3 is 0 Å². The maximum absolute atomic E-state index is 5.95. The highest BCUT2D eigenvalue weighted by atomic mass is 16.5. The first-order chi connectivity index (χ1) is 9.31. The Morgan fingerprint density at radius 3 is 3.00 bits per heavy atom. The third kappa shape index (κ3) is 2.16. The van der Waals surface area contributed by atoms with Crippen molar-refractivity contribution in [3.05, 3.63) is 53.3 Å². The van der Waals surface area contributed by atoms with Crippen molar-refractivity contribution in [2.24, 2.45) is 12.9 Å². The Kier molecular flexibility index (Phi) is 3.33. The first-order valence-corrected chi connectivity index (χ1v) is 6.44. The minimum absolute atomic E-state index is 0.0784. The quantitative estimate of drug-likeness (QED) is 0.642. The molecule has 0 aliphatic carbocycles. The van der Waals surface area contributed by atoms with E-state index in [0.29, 0.717) is 0 Å². The lowest BCUT2D eigenvalue weighted by Crippen LogP contribution is -2.36. The van der Waals surface area contributed by atoms with Gasteiger partial charge in [-0.3, -0.25) is 10.5 Å². The number of hydrogen-bond donors (Lipinski definition) is 2. The van der Waals surface area contributed by atoms with Gasteiger partial charge in [-0.05, 0) is 23.6 Å². The monoisotopic (exact) mass is 258 g/mol. The fourth-order valence-electron chi connectivity index (χ4n) is 2.72. The summed E-state index contributed by atoms with van der Waals surface area (Å²) in [5, 5.41) is 4.20. The van der Waals surface area contributed by atoms with E-state index >= 15 is 0 Å². The van der Waals surface area contributed by atoms with Gasteiger partial charge in [-0.25, -0.2) is 5.43 Å². The van der Waals surface area contributed by atoms with Crippen LogP contribution in [0.25, 0.3) is 0 Å². The SMILES string of the molecule is Cn1nccc1C(NN)C1OCCc2ccccc21. The standard InChI is InChI=1S/C14H18N4O/c1-18-12(6-8-16-18)13(17-15)14-11-5-3-2-4-10(11)7-9-19-14/h2-6,8,13-14,17H,7,9,15H2,1H3. The van der Waals surface area contributed by atoms with E-state index in [-0.39, 0.29) is 12.1 Å². The van der Waals surface area contributed by atoms with Gasteiger partial charge in [0.2, 0.25) is 0 Å². The summed E-state index contributed by atoms with van der Waals surface area (Å²) < 4.78 is 7.78. The maximum atomic E-state index is 5.95. The molecule has 2 aromatic rings. The molecule has 2 atom stereocenters. The normalized spacial score (nSPS) is 20.0. The van der Waals surface area contributed by atoms with Crippen LogP contribution in [0, 0.1) is 0 Å². The van der Waals surface area contributed by atoms with Gasteiger partial charge in [0.1, 0.15) is 6.10 Å². The van der Waals surface area contributed by atoms with Crippen molar-refractivity contribution < 1.29 is 4.74 Å². The molecule has 0 fully saturated rings. The van der Waals surface area contributed by atoms with E-state index in [9.17, 15) is 0 Å². The highest BCUT2D eigenvalue weighted by molar-refractivity contribution is 5.33. The zero-order valence-corrected chi connectivity index (χ0v) is 10.9. The molecule has 1 aromatic heterocycles. The molecule has 3 N–H and O–H groups in total. The lowest BCUT2D eigenvalue weighted by atomic mass is 9.92. The Hall–Kier alpha value is -1.69. The molecule has 5 heteroatoms. The van der Waals surface area contributed by atoms with Gasteiger partial charge in [0, 0.05) is 13.2 Å². The average molecular weight is 258 g/mol. The molecule has 0 radical (unpaired) electrons. The average Bonchev–Trinajstić information content (AvgIpc) is 2.86. The molecule has 3 rings (SSSR count). The molecular formula is C14H18N4O. The molecule has 0 saturated carbocycles. The summed E-state index contributed by atoms with van der Waals surface area (Å²) in [5.41, 5.74) is 6.43. The van der Waals surface area contributed by atoms with Crippen LogP contribution in [0.3, 0.4) is 0 Å². The van der Waals surface area contributed by atoms with Crippen molar-refractivity contribution in [2.75, 3.05) is 6.61 Å². The molecular weight excluding hydrogens is 240 g/mol. The number of hydrazine groups is 1. The lowest BCUT2D eigenvalue weighted by molar-refractivity contribution is 0.0128. The number of ether oxygens (including phenoxy) is 1. The highest BCUT2D eigenvalue weighted by Gasteiger charge is 2.30. The molecule has 2 unspecified atom stereocenters. The van der Waals surface area contributed by atoms with Crippen molar-refractivity contribution in [1.82, 2.24) is 15.2 Å². The van der Waals surface area contributed by atoms with Crippen molar-refractivity contribution in [3.8, 4) is 0 Å². The summed E-state index contributed by atoms with van der Waals surface area (Å²) in [7, 11) is 1.91. The summed E-state index contributed by atoms with van der Waals surface area (Å²) >= 11 is 0. The summed E-state index contributed by atoms with van der Waals surface area (Å²) in [4.78, 5) is 0. The maximum Gasteiger partial charge on any atom is 0.105 e. The molecule has 0 amide bonds. The highest BCUT2D eigenvalue weighted by Crippen LogP contribution is 2.36. The molecule has 19 heavy (non-hydrogen) atoms. The molecule has 1 aliphatic heterocycles. The van der Waals surface area contributed by atoms with E-state index in [0.717, 1.165) is 18.7 Å². The second-order valence-electron chi connectivity index (χ2n) is 4.76. The van der Waals surface area contributed by atoms with Crippen molar-refractivity contribution in [3.63, 3.8) is 0 Å². The number of rotatable bonds is 3. The van der Waals surface area contributed by atoms with Gasteiger partial charge in [-0.2, -0.15) is 5.10 Å². The van der Waals surface area contributed by atoms with Crippen LogP contribution >= 0.6 is 0 Å². The van der Waals surface area contributed by atoms with Crippen LogP contribution < -0.4 is 11.3 Å². The second kappa shape index (κ2) is 5.13. The minimum Gasteiger partial charge on any atom is -0.371 e. The van der Waals surface area contributed by atoms with Gasteiger partial charge in [0.25, 0.3) is 0 Å². The first-order valence-electron chi connectivity index (χ1n) is 6.44. The Balaban J connectivity index is 2.00. The fourth-order valence-corrected chi connectivity index (χ4v) is 2.72. The number of benzene rings is 1. The summed E-state index contributed by atoms with van der Waals surface area (Å²) in [6, 6.07) is 10.2. The van der Waals surface area contributed by atoms with Crippen molar-refractivity contribution >= 4 is 0 Å². The van der Waals surface area contributed by atoms with E-state index in [1.165, 1.54) is 11.1 Å². The summed E-state index contributed by atoms with van der Waals surface area (Å²) in [6.45, 7) is 0.720. The number of nitrogens with zero attached hydrogens (tertiary/aromatic N) is 2. The van der Waals surface area contributed by atoms with Crippen LogP contribution in [-0.4, -0.2) is 16.4 Å². The number of fused-ring (bicyclic) bond motifs is 1. The number of aryl methyl sites for hydroxylation is 1. The van der Waals surface area contributed by atoms with Gasteiger partial charge < -0.3 is 4.74 Å². The zero-order chi connectivity index (χ0) is 13.2. The molecule has 0 saturated heterocycles. The smallest absolute Gasteiger partial charge is 0.105 e. The van der Waals surface area contributed by atoms with Crippen LogP contribution in [0.15, 0.2) is 36.5 Å². The van der Waals surface area contributed by atoms with Gasteiger partial charge in [0.15, 0.2) is 0 Å². The van der Waals surface area contributed by atoms with Gasteiger partial charge in [-0.15, -0.1) is 0 Å². The van der Waals surface area contributed by atoms with Crippen molar-refractivity contribution in [2.45, 2.75) is 18.6 Å². The van der Waals surface area contributed by atoms with Crippen LogP contribution in [0.1, 0.15) is 29.0 Å². The Morgan fingerprint density at radius 1 is 1.42 bits per heavy atom. The lowest BCUT2D eigenvalue weighted by Gasteiger charge is -2.32. The topological polar surface area (TPSA) is 65.1 Å². The zero-order valence-electron chi connectivity index (χ0n) is 10.9. The van der Waals surface area contributed by atoms with E-state index in [2.05, 4.69) is 28.7 Å². The van der Waals surface area contributed by atoms with Gasteiger partial charge in [0.05, 0.1) is 18.3 Å².